The van der Waals surface area contributed by atoms with Crippen molar-refractivity contribution in [3.63, 3.8) is 0 Å². The van der Waals surface area contributed by atoms with E-state index in [9.17, 15) is 0 Å². The van der Waals surface area contributed by atoms with Crippen LogP contribution in [-0.4, -0.2) is 129 Å². The van der Waals surface area contributed by atoms with E-state index in [4.69, 9.17) is 0 Å². The summed E-state index contributed by atoms with van der Waals surface area (Å²) in [5.74, 6) is 0. The van der Waals surface area contributed by atoms with Crippen molar-refractivity contribution in [2.24, 2.45) is 0 Å². The van der Waals surface area contributed by atoms with Crippen LogP contribution < -0.4 is 7.16 Å². The summed E-state index contributed by atoms with van der Waals surface area (Å²) < 4.78 is 4.22. The maximum atomic E-state index is 3.06. The first-order chi connectivity index (χ1) is 29.4. The van der Waals surface area contributed by atoms with Gasteiger partial charge in [0, 0.05) is 0 Å². The average molecular weight is 1340 g/mol. The molecule has 0 unspecified atom stereocenters. The van der Waals surface area contributed by atoms with Gasteiger partial charge < -0.3 is 0 Å². The molecule has 0 atom stereocenters. The van der Waals surface area contributed by atoms with Gasteiger partial charge in [0.1, 0.15) is 0 Å². The Morgan fingerprint density at radius 2 is 0.324 bits per heavy atom. The predicted octanol–water partition coefficient (Wildman–Crippen LogP) is 18.0. The van der Waals surface area contributed by atoms with Gasteiger partial charge in [-0.1, -0.05) is 0 Å². The van der Waals surface area contributed by atoms with Crippen molar-refractivity contribution in [3.05, 3.63) is 57.6 Å². The Morgan fingerprint density at radius 1 is 0.206 bits per heavy atom. The monoisotopic (exact) mass is 1340 g/mol. The van der Waals surface area contributed by atoms with Gasteiger partial charge in [-0.3, -0.25) is 0 Å². The van der Waals surface area contributed by atoms with Crippen LogP contribution in [0, 0.1) is 0 Å². The number of hydrogen-bond acceptors (Lipinski definition) is 0. The van der Waals surface area contributed by atoms with E-state index in [-0.39, 0.29) is 0 Å². The fourth-order valence-electron chi connectivity index (χ4n) is 16.6. The van der Waals surface area contributed by atoms with Crippen LogP contribution in [0.3, 0.4) is 0 Å². The Kier molecular flexibility index (Phi) is 21.4. The molecular formula is C54H118Si12Sn2. The fraction of sp³-hybridized carbons (Fsp3) is 0.778. The zero-order valence-electron chi connectivity index (χ0n) is 52.8. The third kappa shape index (κ3) is 17.1. The molecule has 0 aliphatic carbocycles. The second-order valence-electron chi connectivity index (χ2n) is 35.4. The average Bonchev–Trinajstić information content (AvgIpc) is 2.92. The van der Waals surface area contributed by atoms with Crippen molar-refractivity contribution in [1.29, 1.82) is 0 Å². The van der Waals surface area contributed by atoms with Crippen LogP contribution in [0.5, 0.6) is 0 Å². The van der Waals surface area contributed by atoms with Crippen molar-refractivity contribution in [3.8, 4) is 0 Å². The quantitative estimate of drug-likeness (QED) is 0.131. The molecule has 2 aromatic rings. The number of rotatable bonds is 18. The molecule has 390 valence electrons. The molecular weight excluding hydrogens is 1220 g/mol. The Balaban J connectivity index is 3.98. The molecule has 2 rings (SSSR count). The van der Waals surface area contributed by atoms with Crippen molar-refractivity contribution < 1.29 is 0 Å². The van der Waals surface area contributed by atoms with Crippen molar-refractivity contribution in [1.82, 2.24) is 0 Å². The van der Waals surface area contributed by atoms with Gasteiger partial charge in [0.05, 0.1) is 0 Å². The summed E-state index contributed by atoms with van der Waals surface area (Å²) >= 11 is -2.09. The SMILES string of the molecule is C[Si](C)(C)C(c1cc(C([Si](C)(C)C)[Si](C)(C)C)[c]([Sn]#[Sn][c]2c(C([Si](C)(C)C)[Si](C)(C)C)cc(C([Si](C)(C)C)[Si](C)(C)C)cc2C([Si](C)(C)C)[Si](C)(C)C)c(C([Si](C)(C)C)[Si](C)(C)C)c1)[Si](C)(C)C. The van der Waals surface area contributed by atoms with Crippen molar-refractivity contribution >= 4 is 137 Å². The van der Waals surface area contributed by atoms with Crippen LogP contribution in [0.25, 0.3) is 0 Å². The summed E-state index contributed by atoms with van der Waals surface area (Å²) in [5.41, 5.74) is 11.6. The molecule has 0 fully saturated rings. The summed E-state index contributed by atoms with van der Waals surface area (Å²) in [7, 11) is -19.3. The summed E-state index contributed by atoms with van der Waals surface area (Å²) in [4.78, 5) is 0. The first kappa shape index (κ1) is 66.8. The van der Waals surface area contributed by atoms with Crippen molar-refractivity contribution in [2.45, 2.75) is 267 Å². The Hall–Kier alpha value is 2.64. The fourth-order valence-corrected chi connectivity index (χ4v) is 117. The van der Waals surface area contributed by atoms with E-state index in [0.29, 0.717) is 0 Å². The minimum absolute atomic E-state index is 0.778. The molecule has 0 aliphatic rings. The van der Waals surface area contributed by atoms with E-state index in [1.807, 2.05) is 33.4 Å². The zero-order valence-corrected chi connectivity index (χ0v) is 70.5. The van der Waals surface area contributed by atoms with E-state index in [2.05, 4.69) is 267 Å². The standard InChI is InChI=1S/2C27H59Si6.2Sn/c2*1-28(2,3)25(29(4,5)6)22-19-23(26(30(7,8)9)31(10,11)12)21-24(20-22)27(32(13,14)15)33(16,17)18;;/h2*19-20,25-27H,1-18H3;;. The topological polar surface area (TPSA) is 0 Å². The van der Waals surface area contributed by atoms with Crippen LogP contribution in [0.2, 0.25) is 236 Å². The molecule has 0 aliphatic heterocycles. The molecule has 0 aromatic heterocycles. The first-order valence-electron chi connectivity index (χ1n) is 27.3. The van der Waals surface area contributed by atoms with Gasteiger partial charge >= 0.3 is 461 Å². The molecule has 0 nitrogen and oxygen atoms in total. The van der Waals surface area contributed by atoms with Gasteiger partial charge in [0.25, 0.3) is 0 Å². The Labute approximate surface area is 455 Å². The molecule has 0 saturated heterocycles. The minimum atomic E-state index is -1.63. The molecule has 68 heavy (non-hydrogen) atoms. The molecule has 2 aromatic carbocycles. The molecule has 0 heterocycles. The molecule has 14 heteroatoms. The van der Waals surface area contributed by atoms with E-state index >= 15 is 0 Å². The van der Waals surface area contributed by atoms with Gasteiger partial charge in [-0.05, 0) is 0 Å². The Morgan fingerprint density at radius 3 is 0.426 bits per heavy atom. The third-order valence-corrected chi connectivity index (χ3v) is 87.9. The van der Waals surface area contributed by atoms with Gasteiger partial charge in [-0.2, -0.15) is 0 Å². The summed E-state index contributed by atoms with van der Waals surface area (Å²) in [6, 6.07) is 12.2. The molecule has 0 amide bonds. The van der Waals surface area contributed by atoms with Crippen LogP contribution >= 0.6 is 0 Å². The van der Waals surface area contributed by atoms with E-state index in [0.717, 1.165) is 31.0 Å². The molecule has 0 N–H and O–H groups in total. The number of hydrogen-bond donors (Lipinski definition) is 0. The molecule has 0 bridgehead atoms. The molecule has 0 spiro atoms. The second-order valence-corrected chi connectivity index (χ2v) is 116. The third-order valence-electron chi connectivity index (χ3n) is 15.1. The molecule has 0 saturated carbocycles. The van der Waals surface area contributed by atoms with Crippen molar-refractivity contribution in [2.75, 3.05) is 0 Å². The zero-order chi connectivity index (χ0) is 54.3. The normalized spacial score (nSPS) is 15.1. The van der Waals surface area contributed by atoms with Gasteiger partial charge in [0.2, 0.25) is 0 Å². The van der Waals surface area contributed by atoms with E-state index in [1.165, 1.54) is 0 Å². The van der Waals surface area contributed by atoms with Crippen LogP contribution in [0.4, 0.5) is 0 Å². The van der Waals surface area contributed by atoms with Gasteiger partial charge in [0.15, 0.2) is 0 Å². The predicted molar refractivity (Wildman–Crippen MR) is 360 cm³/mol. The van der Waals surface area contributed by atoms with E-state index < -0.39 is 129 Å². The maximum absolute atomic E-state index is 3.06. The summed E-state index contributed by atoms with van der Waals surface area (Å²) in [5, 5.41) is 4.72. The van der Waals surface area contributed by atoms with Gasteiger partial charge in [-0.15, -0.1) is 0 Å². The Bertz CT molecular complexity index is 1800. The summed E-state index contributed by atoms with van der Waals surface area (Å²) in [6.45, 7) is 99.9. The van der Waals surface area contributed by atoms with E-state index in [1.54, 1.807) is 0 Å². The molecule has 0 radical (unpaired) electrons. The van der Waals surface area contributed by atoms with Gasteiger partial charge in [-0.25, -0.2) is 0 Å². The van der Waals surface area contributed by atoms with Crippen LogP contribution in [0.1, 0.15) is 64.4 Å². The number of benzene rings is 2. The second kappa shape index (κ2) is 21.8. The van der Waals surface area contributed by atoms with Crippen LogP contribution in [0.15, 0.2) is 24.3 Å². The first-order valence-corrected chi connectivity index (χ1v) is 84.0. The summed E-state index contributed by atoms with van der Waals surface area (Å²) in [6.07, 6.45) is 0. The van der Waals surface area contributed by atoms with Crippen LogP contribution in [-0.2, 0) is 0 Å².